The van der Waals surface area contributed by atoms with Crippen LogP contribution in [0.1, 0.15) is 28.7 Å². The van der Waals surface area contributed by atoms with Crippen LogP contribution in [0.5, 0.6) is 0 Å². The van der Waals surface area contributed by atoms with Gasteiger partial charge in [-0.15, -0.1) is 0 Å². The van der Waals surface area contributed by atoms with Gasteiger partial charge in [0.15, 0.2) is 0 Å². The van der Waals surface area contributed by atoms with E-state index in [0.717, 1.165) is 5.82 Å². The summed E-state index contributed by atoms with van der Waals surface area (Å²) in [7, 11) is -4.10. The fraction of sp³-hybridized carbons (Fsp3) is 0.450. The molecule has 2 aromatic heterocycles. The fourth-order valence-electron chi connectivity index (χ4n) is 3.61. The number of H-pyrrole nitrogens is 1. The van der Waals surface area contributed by atoms with Gasteiger partial charge in [0.2, 0.25) is 15.9 Å². The van der Waals surface area contributed by atoms with Crippen LogP contribution in [-0.2, 0) is 19.6 Å². The van der Waals surface area contributed by atoms with Crippen LogP contribution in [0.25, 0.3) is 0 Å². The largest absolute Gasteiger partial charge is 0.462 e. The number of amides is 1. The van der Waals surface area contributed by atoms with Crippen molar-refractivity contribution in [2.45, 2.75) is 25.7 Å². The maximum atomic E-state index is 12.9. The van der Waals surface area contributed by atoms with Crippen molar-refractivity contribution in [3.05, 3.63) is 41.3 Å². The normalized spacial score (nSPS) is 14.5. The minimum absolute atomic E-state index is 0.0386. The van der Waals surface area contributed by atoms with Gasteiger partial charge in [-0.3, -0.25) is 4.79 Å². The molecular weight excluding hydrogens is 422 g/mol. The fourth-order valence-corrected chi connectivity index (χ4v) is 5.03. The number of esters is 1. The highest BCUT2D eigenvalue weighted by Gasteiger charge is 2.31. The van der Waals surface area contributed by atoms with Crippen LogP contribution in [0.3, 0.4) is 0 Å². The van der Waals surface area contributed by atoms with Crippen LogP contribution in [-0.4, -0.2) is 74.5 Å². The molecule has 3 heterocycles. The number of aromatic amines is 1. The van der Waals surface area contributed by atoms with Gasteiger partial charge >= 0.3 is 5.97 Å². The van der Waals surface area contributed by atoms with E-state index in [-0.39, 0.29) is 23.0 Å². The van der Waals surface area contributed by atoms with Crippen molar-refractivity contribution in [1.82, 2.24) is 19.6 Å². The van der Waals surface area contributed by atoms with E-state index in [1.54, 1.807) is 31.9 Å². The van der Waals surface area contributed by atoms with Crippen LogP contribution in [0.4, 0.5) is 5.82 Å². The van der Waals surface area contributed by atoms with Crippen molar-refractivity contribution in [1.29, 1.82) is 0 Å². The predicted octanol–water partition coefficient (Wildman–Crippen LogP) is 0.830. The molecule has 1 aliphatic heterocycles. The lowest BCUT2D eigenvalue weighted by molar-refractivity contribution is -0.130. The molecule has 1 fully saturated rings. The van der Waals surface area contributed by atoms with Gasteiger partial charge in [-0.1, -0.05) is 6.07 Å². The van der Waals surface area contributed by atoms with Crippen LogP contribution < -0.4 is 9.62 Å². The number of hydrogen-bond acceptors (Lipinski definition) is 7. The second-order valence-corrected chi connectivity index (χ2v) is 8.88. The van der Waals surface area contributed by atoms with Gasteiger partial charge in [-0.2, -0.15) is 0 Å². The Balaban J connectivity index is 1.64. The van der Waals surface area contributed by atoms with Crippen LogP contribution in [0.15, 0.2) is 29.3 Å². The number of sulfonamides is 1. The summed E-state index contributed by atoms with van der Waals surface area (Å²) < 4.78 is 33.1. The number of aromatic nitrogens is 2. The van der Waals surface area contributed by atoms with E-state index in [2.05, 4.69) is 19.6 Å². The first kappa shape index (κ1) is 22.8. The molecule has 1 saturated heterocycles. The first-order valence-electron chi connectivity index (χ1n) is 10.0. The Morgan fingerprint density at radius 1 is 1.16 bits per heavy atom. The van der Waals surface area contributed by atoms with E-state index >= 15 is 0 Å². The lowest BCUT2D eigenvalue weighted by atomic mass is 10.2. The Kier molecular flexibility index (Phi) is 6.96. The number of nitrogens with one attached hydrogen (secondary N) is 2. The molecule has 0 radical (unpaired) electrons. The molecule has 0 aromatic carbocycles. The molecule has 1 aliphatic rings. The van der Waals surface area contributed by atoms with Gasteiger partial charge in [0.05, 0.1) is 13.2 Å². The molecule has 0 unspecified atom stereocenters. The second kappa shape index (κ2) is 9.48. The van der Waals surface area contributed by atoms with Crippen molar-refractivity contribution in [3.63, 3.8) is 0 Å². The minimum Gasteiger partial charge on any atom is -0.462 e. The molecule has 0 saturated carbocycles. The van der Waals surface area contributed by atoms with E-state index in [9.17, 15) is 18.0 Å². The van der Waals surface area contributed by atoms with Gasteiger partial charge in [0.25, 0.3) is 0 Å². The van der Waals surface area contributed by atoms with E-state index < -0.39 is 22.5 Å². The van der Waals surface area contributed by atoms with Crippen molar-refractivity contribution >= 4 is 27.7 Å². The number of rotatable bonds is 7. The number of carbonyl (C=O) groups is 2. The number of carbonyl (C=O) groups excluding carboxylic acids is 2. The molecule has 0 spiro atoms. The van der Waals surface area contributed by atoms with Gasteiger partial charge in [-0.25, -0.2) is 22.9 Å². The monoisotopic (exact) mass is 449 g/mol. The highest BCUT2D eigenvalue weighted by Crippen LogP contribution is 2.24. The predicted molar refractivity (Wildman–Crippen MR) is 114 cm³/mol. The lowest BCUT2D eigenvalue weighted by Crippen LogP contribution is -2.51. The number of anilines is 1. The maximum absolute atomic E-state index is 12.9. The third-order valence-electron chi connectivity index (χ3n) is 5.09. The maximum Gasteiger partial charge on any atom is 0.341 e. The summed E-state index contributed by atoms with van der Waals surface area (Å²) in [6, 6.07) is 5.66. The Morgan fingerprint density at radius 3 is 2.48 bits per heavy atom. The minimum atomic E-state index is -4.10. The zero-order chi connectivity index (χ0) is 22.6. The summed E-state index contributed by atoms with van der Waals surface area (Å²) in [5.41, 5.74) is 0.668. The molecular formula is C20H27N5O5S. The van der Waals surface area contributed by atoms with Gasteiger partial charge in [0.1, 0.15) is 16.3 Å². The molecule has 1 amide bonds. The van der Waals surface area contributed by atoms with Crippen LogP contribution in [0, 0.1) is 13.8 Å². The van der Waals surface area contributed by atoms with Gasteiger partial charge in [0, 0.05) is 43.8 Å². The number of pyridine rings is 1. The second-order valence-electron chi connectivity index (χ2n) is 7.18. The molecule has 11 heteroatoms. The summed E-state index contributed by atoms with van der Waals surface area (Å²) >= 11 is 0. The number of ether oxygens (including phenoxy) is 1. The summed E-state index contributed by atoms with van der Waals surface area (Å²) in [6.45, 7) is 6.69. The third-order valence-corrected chi connectivity index (χ3v) is 6.66. The molecule has 3 rings (SSSR count). The Morgan fingerprint density at radius 2 is 1.87 bits per heavy atom. The highest BCUT2D eigenvalue weighted by atomic mass is 32.2. The Labute approximate surface area is 181 Å². The van der Waals surface area contributed by atoms with E-state index in [0.29, 0.717) is 37.6 Å². The van der Waals surface area contributed by atoms with Crippen LogP contribution >= 0.6 is 0 Å². The van der Waals surface area contributed by atoms with Crippen molar-refractivity contribution in [2.24, 2.45) is 0 Å². The molecule has 2 aromatic rings. The number of aryl methyl sites for hydroxylation is 2. The zero-order valence-electron chi connectivity index (χ0n) is 17.8. The SMILES string of the molecule is CCOC(=O)c1c(C)[nH]c(C)c1S(=O)(=O)NCC(=O)N1CCN(c2ccccn2)CC1. The number of hydrogen-bond donors (Lipinski definition) is 2. The summed E-state index contributed by atoms with van der Waals surface area (Å²) in [4.78, 5) is 35.5. The molecule has 168 valence electrons. The number of nitrogens with zero attached hydrogens (tertiary/aromatic N) is 3. The van der Waals surface area contributed by atoms with Crippen molar-refractivity contribution < 1.29 is 22.7 Å². The highest BCUT2D eigenvalue weighted by molar-refractivity contribution is 7.89. The summed E-state index contributed by atoms with van der Waals surface area (Å²) in [5.74, 6) is -0.200. The quantitative estimate of drug-likeness (QED) is 0.600. The third kappa shape index (κ3) is 5.05. The first-order chi connectivity index (χ1) is 14.7. The average Bonchev–Trinajstić information content (AvgIpc) is 3.07. The molecule has 10 nitrogen and oxygen atoms in total. The summed E-state index contributed by atoms with van der Waals surface area (Å²) in [6.07, 6.45) is 1.72. The first-order valence-corrected chi connectivity index (χ1v) is 11.5. The van der Waals surface area contributed by atoms with E-state index in [1.807, 2.05) is 18.2 Å². The molecule has 2 N–H and O–H groups in total. The topological polar surface area (TPSA) is 125 Å². The Bertz CT molecular complexity index is 1040. The van der Waals surface area contributed by atoms with Crippen molar-refractivity contribution in [2.75, 3.05) is 44.2 Å². The van der Waals surface area contributed by atoms with Crippen molar-refractivity contribution in [3.8, 4) is 0 Å². The lowest BCUT2D eigenvalue weighted by Gasteiger charge is -2.35. The van der Waals surface area contributed by atoms with Gasteiger partial charge in [-0.05, 0) is 32.9 Å². The van der Waals surface area contributed by atoms with Gasteiger partial charge < -0.3 is 19.5 Å². The summed E-state index contributed by atoms with van der Waals surface area (Å²) in [5, 5.41) is 0. The smallest absolute Gasteiger partial charge is 0.341 e. The van der Waals surface area contributed by atoms with E-state index in [1.165, 1.54) is 0 Å². The number of piperazine rings is 1. The Hall–Kier alpha value is -2.92. The molecule has 0 atom stereocenters. The standard InChI is InChI=1S/C20H27N5O5S/c1-4-30-20(27)18-14(2)23-15(3)19(18)31(28,29)22-13-17(26)25-11-9-24(10-12-25)16-7-5-6-8-21-16/h5-8,22-23H,4,9-13H2,1-3H3. The zero-order valence-corrected chi connectivity index (χ0v) is 18.7. The average molecular weight is 450 g/mol. The molecule has 31 heavy (non-hydrogen) atoms. The molecule has 0 bridgehead atoms. The van der Waals surface area contributed by atoms with E-state index in [4.69, 9.17) is 4.74 Å². The van der Waals surface area contributed by atoms with Crippen LogP contribution in [0.2, 0.25) is 0 Å². The molecule has 0 aliphatic carbocycles.